The first kappa shape index (κ1) is 16.4. The van der Waals surface area contributed by atoms with Crippen molar-refractivity contribution in [3.8, 4) is 0 Å². The summed E-state index contributed by atoms with van der Waals surface area (Å²) in [5.74, 6) is 1.62. The summed E-state index contributed by atoms with van der Waals surface area (Å²) in [4.78, 5) is 6.78. The molecular weight excluding hydrogens is 266 g/mol. The Labute approximate surface area is 127 Å². The van der Waals surface area contributed by atoms with Crippen LogP contribution in [0.4, 0.5) is 0 Å². The van der Waals surface area contributed by atoms with Gasteiger partial charge < -0.3 is 15.0 Å². The van der Waals surface area contributed by atoms with E-state index in [1.54, 1.807) is 6.33 Å². The number of likely N-dealkylation sites (N-methyl/N-ethyl adjacent to an activating group) is 2. The van der Waals surface area contributed by atoms with Crippen molar-refractivity contribution in [2.45, 2.75) is 45.9 Å². The minimum atomic E-state index is 0.216. The van der Waals surface area contributed by atoms with Crippen LogP contribution in [0.25, 0.3) is 0 Å². The van der Waals surface area contributed by atoms with Gasteiger partial charge in [-0.1, -0.05) is 20.8 Å². The zero-order valence-corrected chi connectivity index (χ0v) is 13.7. The lowest BCUT2D eigenvalue weighted by Crippen LogP contribution is -2.52. The predicted molar refractivity (Wildman–Crippen MR) is 83.3 cm³/mol. The fraction of sp³-hybridized carbons (Fsp3) is 0.867. The highest BCUT2D eigenvalue weighted by molar-refractivity contribution is 4.94. The van der Waals surface area contributed by atoms with E-state index in [4.69, 9.17) is 4.74 Å². The predicted octanol–water partition coefficient (Wildman–Crippen LogP) is 0.785. The highest BCUT2D eigenvalue weighted by atomic mass is 16.5. The van der Waals surface area contributed by atoms with Gasteiger partial charge in [0.2, 0.25) is 0 Å². The summed E-state index contributed by atoms with van der Waals surface area (Å²) in [6.07, 6.45) is 2.74. The van der Waals surface area contributed by atoms with E-state index in [9.17, 15) is 0 Å². The largest absolute Gasteiger partial charge is 0.374 e. The van der Waals surface area contributed by atoms with Gasteiger partial charge in [0.25, 0.3) is 0 Å². The van der Waals surface area contributed by atoms with E-state index < -0.39 is 0 Å². The molecule has 1 aromatic rings. The van der Waals surface area contributed by atoms with Crippen molar-refractivity contribution >= 4 is 0 Å². The molecular formula is C15H29N5O. The van der Waals surface area contributed by atoms with Crippen LogP contribution in [0.15, 0.2) is 6.33 Å². The summed E-state index contributed by atoms with van der Waals surface area (Å²) in [5.41, 5.74) is 0. The standard InChI is InChI=1S/C15H29N5O/c1-5-16-13(14-10-19(4)6-7-21-14)8-15-17-11-18-20(15)9-12(2)3/h11-14,16H,5-10H2,1-4H3. The molecule has 0 spiro atoms. The van der Waals surface area contributed by atoms with Gasteiger partial charge in [-0.15, -0.1) is 0 Å². The second-order valence-electron chi connectivity index (χ2n) is 6.29. The normalized spacial score (nSPS) is 21.9. The molecule has 6 heteroatoms. The average Bonchev–Trinajstić information content (AvgIpc) is 2.85. The van der Waals surface area contributed by atoms with Crippen LogP contribution in [0.5, 0.6) is 0 Å². The lowest BCUT2D eigenvalue weighted by molar-refractivity contribution is -0.0386. The number of hydrogen-bond acceptors (Lipinski definition) is 5. The molecule has 1 fully saturated rings. The van der Waals surface area contributed by atoms with Gasteiger partial charge in [-0.25, -0.2) is 9.67 Å². The molecule has 2 unspecified atom stereocenters. The molecule has 0 bridgehead atoms. The average molecular weight is 295 g/mol. The van der Waals surface area contributed by atoms with Crippen LogP contribution in [-0.2, 0) is 17.7 Å². The van der Waals surface area contributed by atoms with Gasteiger partial charge in [-0.3, -0.25) is 0 Å². The van der Waals surface area contributed by atoms with Gasteiger partial charge in [-0.05, 0) is 19.5 Å². The van der Waals surface area contributed by atoms with E-state index in [0.717, 1.165) is 45.0 Å². The highest BCUT2D eigenvalue weighted by Gasteiger charge is 2.27. The van der Waals surface area contributed by atoms with Crippen LogP contribution in [0.3, 0.4) is 0 Å². The minimum Gasteiger partial charge on any atom is -0.374 e. The van der Waals surface area contributed by atoms with Crippen LogP contribution in [-0.4, -0.2) is 65.1 Å². The number of nitrogens with one attached hydrogen (secondary N) is 1. The number of hydrogen-bond donors (Lipinski definition) is 1. The Kier molecular flexibility index (Phi) is 6.14. The molecule has 0 aromatic carbocycles. The van der Waals surface area contributed by atoms with Crippen molar-refractivity contribution in [1.82, 2.24) is 25.0 Å². The molecule has 1 aliphatic rings. The second kappa shape index (κ2) is 7.87. The number of morpholine rings is 1. The molecule has 0 radical (unpaired) electrons. The second-order valence-corrected chi connectivity index (χ2v) is 6.29. The molecule has 2 atom stereocenters. The van der Waals surface area contributed by atoms with Crippen molar-refractivity contribution < 1.29 is 4.74 Å². The first-order valence-corrected chi connectivity index (χ1v) is 8.00. The van der Waals surface area contributed by atoms with Gasteiger partial charge in [0.1, 0.15) is 12.2 Å². The van der Waals surface area contributed by atoms with E-state index >= 15 is 0 Å². The van der Waals surface area contributed by atoms with Crippen LogP contribution >= 0.6 is 0 Å². The maximum atomic E-state index is 5.97. The van der Waals surface area contributed by atoms with Crippen LogP contribution in [0, 0.1) is 5.92 Å². The van der Waals surface area contributed by atoms with Crippen molar-refractivity contribution in [3.63, 3.8) is 0 Å². The summed E-state index contributed by atoms with van der Waals surface area (Å²) in [6.45, 7) is 11.2. The molecule has 0 amide bonds. The Morgan fingerprint density at radius 1 is 1.48 bits per heavy atom. The first-order valence-electron chi connectivity index (χ1n) is 8.00. The maximum Gasteiger partial charge on any atom is 0.138 e. The summed E-state index contributed by atoms with van der Waals surface area (Å²) >= 11 is 0. The molecule has 1 aliphatic heterocycles. The highest BCUT2D eigenvalue weighted by Crippen LogP contribution is 2.12. The topological polar surface area (TPSA) is 55.2 Å². The summed E-state index contributed by atoms with van der Waals surface area (Å²) in [6, 6.07) is 0.285. The Morgan fingerprint density at radius 2 is 2.29 bits per heavy atom. The van der Waals surface area contributed by atoms with E-state index in [2.05, 4.69) is 48.1 Å². The third-order valence-corrected chi connectivity index (χ3v) is 3.85. The zero-order valence-electron chi connectivity index (χ0n) is 13.7. The van der Waals surface area contributed by atoms with Crippen LogP contribution in [0.2, 0.25) is 0 Å². The van der Waals surface area contributed by atoms with Crippen molar-refractivity contribution in [1.29, 1.82) is 0 Å². The molecule has 120 valence electrons. The maximum absolute atomic E-state index is 5.97. The van der Waals surface area contributed by atoms with Crippen LogP contribution < -0.4 is 5.32 Å². The SMILES string of the molecule is CCNC(Cc1ncnn1CC(C)C)C1CN(C)CCO1. The molecule has 0 saturated carbocycles. The fourth-order valence-electron chi connectivity index (χ4n) is 2.79. The Morgan fingerprint density at radius 3 is 2.95 bits per heavy atom. The number of ether oxygens (including phenoxy) is 1. The molecule has 1 aromatic heterocycles. The lowest BCUT2D eigenvalue weighted by atomic mass is 10.0. The monoisotopic (exact) mass is 295 g/mol. The smallest absolute Gasteiger partial charge is 0.138 e. The summed E-state index contributed by atoms with van der Waals surface area (Å²) in [5, 5.41) is 7.92. The molecule has 1 N–H and O–H groups in total. The Balaban J connectivity index is 2.03. The van der Waals surface area contributed by atoms with Crippen molar-refractivity contribution in [2.75, 3.05) is 33.3 Å². The molecule has 0 aliphatic carbocycles. The number of aromatic nitrogens is 3. The number of rotatable bonds is 7. The van der Waals surface area contributed by atoms with Gasteiger partial charge in [-0.2, -0.15) is 5.10 Å². The molecule has 1 saturated heterocycles. The Hall–Kier alpha value is -0.980. The van der Waals surface area contributed by atoms with Crippen molar-refractivity contribution in [2.24, 2.45) is 5.92 Å². The summed E-state index contributed by atoms with van der Waals surface area (Å²) in [7, 11) is 2.15. The van der Waals surface area contributed by atoms with E-state index in [1.165, 1.54) is 0 Å². The van der Waals surface area contributed by atoms with Gasteiger partial charge in [0.15, 0.2) is 0 Å². The molecule has 21 heavy (non-hydrogen) atoms. The summed E-state index contributed by atoms with van der Waals surface area (Å²) < 4.78 is 8.00. The quantitative estimate of drug-likeness (QED) is 0.806. The zero-order chi connectivity index (χ0) is 15.2. The van der Waals surface area contributed by atoms with Crippen LogP contribution in [0.1, 0.15) is 26.6 Å². The van der Waals surface area contributed by atoms with Gasteiger partial charge >= 0.3 is 0 Å². The first-order chi connectivity index (χ1) is 10.1. The molecule has 6 nitrogen and oxygen atoms in total. The molecule has 2 rings (SSSR count). The van der Waals surface area contributed by atoms with E-state index in [0.29, 0.717) is 5.92 Å². The van der Waals surface area contributed by atoms with Gasteiger partial charge in [0.05, 0.1) is 12.7 Å². The Bertz CT molecular complexity index is 420. The van der Waals surface area contributed by atoms with E-state index in [1.807, 2.05) is 4.68 Å². The lowest BCUT2D eigenvalue weighted by Gasteiger charge is -2.35. The van der Waals surface area contributed by atoms with E-state index in [-0.39, 0.29) is 12.1 Å². The third kappa shape index (κ3) is 4.76. The molecule has 2 heterocycles. The minimum absolute atomic E-state index is 0.216. The van der Waals surface area contributed by atoms with Crippen molar-refractivity contribution in [3.05, 3.63) is 12.2 Å². The third-order valence-electron chi connectivity index (χ3n) is 3.85. The van der Waals surface area contributed by atoms with Gasteiger partial charge in [0, 0.05) is 32.1 Å². The fourth-order valence-corrected chi connectivity index (χ4v) is 2.79. The number of nitrogens with zero attached hydrogens (tertiary/aromatic N) is 4.